The summed E-state index contributed by atoms with van der Waals surface area (Å²) in [6.07, 6.45) is 0.570. The van der Waals surface area contributed by atoms with E-state index in [0.29, 0.717) is 25.3 Å². The van der Waals surface area contributed by atoms with Crippen LogP contribution in [0.1, 0.15) is 6.42 Å². The molecule has 0 spiro atoms. The van der Waals surface area contributed by atoms with Crippen molar-refractivity contribution in [1.82, 2.24) is 0 Å². The van der Waals surface area contributed by atoms with Crippen LogP contribution in [0.3, 0.4) is 0 Å². The molecule has 8 nitrogen and oxygen atoms in total. The summed E-state index contributed by atoms with van der Waals surface area (Å²) in [6, 6.07) is 4.16. The summed E-state index contributed by atoms with van der Waals surface area (Å²) in [5.74, 6) is 0.453. The number of nitro groups is 1. The number of benzene rings is 1. The Bertz CT molecular complexity index is 456. The van der Waals surface area contributed by atoms with Crippen molar-refractivity contribution in [1.29, 1.82) is 0 Å². The number of nitrogen functional groups attached to an aromatic ring is 1. The van der Waals surface area contributed by atoms with Crippen LogP contribution in [-0.4, -0.2) is 18.1 Å². The smallest absolute Gasteiger partial charge is 0.292 e. The van der Waals surface area contributed by atoms with E-state index in [1.54, 1.807) is 0 Å². The molecule has 0 unspecified atom stereocenters. The van der Waals surface area contributed by atoms with Gasteiger partial charge < -0.3 is 10.5 Å². The summed E-state index contributed by atoms with van der Waals surface area (Å²) in [5, 5.41) is 13.8. The summed E-state index contributed by atoms with van der Waals surface area (Å²) < 4.78 is 5.28. The second-order valence-corrected chi connectivity index (χ2v) is 3.13. The molecule has 8 heteroatoms. The minimum Gasteiger partial charge on any atom is -0.494 e. The standard InChI is InChI=1S/C9H11N5O3/c10-8-6-7(2-3-9(8)14(15)16)17-5-1-4-12-13-11/h2-3,6H,1,4-5,10H2. The van der Waals surface area contributed by atoms with Crippen LogP contribution in [0.4, 0.5) is 11.4 Å². The summed E-state index contributed by atoms with van der Waals surface area (Å²) in [5.41, 5.74) is 13.4. The predicted octanol–water partition coefficient (Wildman–Crippen LogP) is 2.26. The molecule has 0 bridgehead atoms. The molecular formula is C9H11N5O3. The minimum absolute atomic E-state index is 0.0579. The summed E-state index contributed by atoms with van der Waals surface area (Å²) >= 11 is 0. The fraction of sp³-hybridized carbons (Fsp3) is 0.333. The molecule has 2 N–H and O–H groups in total. The average Bonchev–Trinajstić information content (AvgIpc) is 2.28. The number of rotatable bonds is 6. The first-order valence-corrected chi connectivity index (χ1v) is 4.82. The van der Waals surface area contributed by atoms with Crippen molar-refractivity contribution in [2.24, 2.45) is 5.11 Å². The number of anilines is 1. The number of nitrogens with zero attached hydrogens (tertiary/aromatic N) is 4. The van der Waals surface area contributed by atoms with Crippen LogP contribution in [0.25, 0.3) is 10.4 Å². The summed E-state index contributed by atoms with van der Waals surface area (Å²) in [4.78, 5) is 12.5. The Morgan fingerprint density at radius 3 is 2.94 bits per heavy atom. The number of azide groups is 1. The second-order valence-electron chi connectivity index (χ2n) is 3.13. The van der Waals surface area contributed by atoms with Gasteiger partial charge in [-0.15, -0.1) is 0 Å². The lowest BCUT2D eigenvalue weighted by atomic mass is 10.2. The maximum Gasteiger partial charge on any atom is 0.292 e. The minimum atomic E-state index is -0.555. The lowest BCUT2D eigenvalue weighted by Gasteiger charge is -2.05. The zero-order chi connectivity index (χ0) is 12.7. The van der Waals surface area contributed by atoms with Crippen molar-refractivity contribution in [3.63, 3.8) is 0 Å². The third-order valence-corrected chi connectivity index (χ3v) is 1.93. The van der Waals surface area contributed by atoms with Crippen molar-refractivity contribution >= 4 is 11.4 Å². The van der Waals surface area contributed by atoms with E-state index in [1.807, 2.05) is 0 Å². The Morgan fingerprint density at radius 1 is 1.59 bits per heavy atom. The highest BCUT2D eigenvalue weighted by Gasteiger charge is 2.11. The first kappa shape index (κ1) is 12.6. The van der Waals surface area contributed by atoms with Crippen LogP contribution in [0, 0.1) is 10.1 Å². The molecule has 0 radical (unpaired) electrons. The zero-order valence-corrected chi connectivity index (χ0v) is 8.94. The Morgan fingerprint density at radius 2 is 2.35 bits per heavy atom. The molecule has 90 valence electrons. The van der Waals surface area contributed by atoms with Gasteiger partial charge in [-0.25, -0.2) is 0 Å². The topological polar surface area (TPSA) is 127 Å². The molecular weight excluding hydrogens is 226 g/mol. The highest BCUT2D eigenvalue weighted by atomic mass is 16.6. The number of hydrogen-bond donors (Lipinski definition) is 1. The summed E-state index contributed by atoms with van der Waals surface area (Å²) in [6.45, 7) is 0.704. The lowest BCUT2D eigenvalue weighted by molar-refractivity contribution is -0.383. The van der Waals surface area contributed by atoms with Gasteiger partial charge in [-0.3, -0.25) is 10.1 Å². The van der Waals surface area contributed by atoms with Crippen molar-refractivity contribution < 1.29 is 9.66 Å². The summed E-state index contributed by atoms with van der Waals surface area (Å²) in [7, 11) is 0. The Labute approximate surface area is 96.8 Å². The predicted molar refractivity (Wildman–Crippen MR) is 61.6 cm³/mol. The maximum atomic E-state index is 10.5. The largest absolute Gasteiger partial charge is 0.494 e. The van der Waals surface area contributed by atoms with Gasteiger partial charge in [-0.1, -0.05) is 5.11 Å². The van der Waals surface area contributed by atoms with Gasteiger partial charge in [0.1, 0.15) is 11.4 Å². The van der Waals surface area contributed by atoms with Gasteiger partial charge in [-0.05, 0) is 18.0 Å². The van der Waals surface area contributed by atoms with Gasteiger partial charge in [-0.2, -0.15) is 0 Å². The van der Waals surface area contributed by atoms with E-state index in [2.05, 4.69) is 10.0 Å². The van der Waals surface area contributed by atoms with Crippen LogP contribution in [-0.2, 0) is 0 Å². The van der Waals surface area contributed by atoms with Crippen LogP contribution in [0.15, 0.2) is 23.3 Å². The van der Waals surface area contributed by atoms with Gasteiger partial charge in [0.25, 0.3) is 5.69 Å². The quantitative estimate of drug-likeness (QED) is 0.155. The number of ether oxygens (including phenoxy) is 1. The molecule has 0 heterocycles. The Hall–Kier alpha value is -2.47. The zero-order valence-electron chi connectivity index (χ0n) is 8.94. The van der Waals surface area contributed by atoms with E-state index < -0.39 is 4.92 Å². The first-order chi connectivity index (χ1) is 8.15. The molecule has 0 aliphatic rings. The van der Waals surface area contributed by atoms with Crippen LogP contribution < -0.4 is 10.5 Å². The van der Waals surface area contributed by atoms with E-state index in [1.165, 1.54) is 18.2 Å². The number of nitro benzene ring substituents is 1. The number of hydrogen-bond acceptors (Lipinski definition) is 5. The normalized spacial score (nSPS) is 9.41. The van der Waals surface area contributed by atoms with Crippen molar-refractivity contribution in [2.45, 2.75) is 6.42 Å². The molecule has 0 fully saturated rings. The second kappa shape index (κ2) is 6.19. The van der Waals surface area contributed by atoms with E-state index in [-0.39, 0.29) is 11.4 Å². The Kier molecular flexibility index (Phi) is 4.58. The van der Waals surface area contributed by atoms with E-state index in [4.69, 9.17) is 16.0 Å². The molecule has 0 aromatic heterocycles. The highest BCUT2D eigenvalue weighted by molar-refractivity contribution is 5.60. The van der Waals surface area contributed by atoms with Crippen molar-refractivity contribution in [3.05, 3.63) is 38.8 Å². The first-order valence-electron chi connectivity index (χ1n) is 4.82. The Balaban J connectivity index is 2.53. The molecule has 17 heavy (non-hydrogen) atoms. The molecule has 0 saturated heterocycles. The SMILES string of the molecule is [N-]=[N+]=NCCCOc1ccc([N+](=O)[O-])c(N)c1. The molecule has 1 aromatic rings. The van der Waals surface area contributed by atoms with Gasteiger partial charge in [0.05, 0.1) is 11.5 Å². The fourth-order valence-corrected chi connectivity index (χ4v) is 1.16. The van der Waals surface area contributed by atoms with Crippen LogP contribution in [0.2, 0.25) is 0 Å². The molecule has 0 saturated carbocycles. The van der Waals surface area contributed by atoms with Crippen molar-refractivity contribution in [2.75, 3.05) is 18.9 Å². The average molecular weight is 237 g/mol. The fourth-order valence-electron chi connectivity index (χ4n) is 1.16. The van der Waals surface area contributed by atoms with Gasteiger partial charge in [0.15, 0.2) is 0 Å². The lowest BCUT2D eigenvalue weighted by Crippen LogP contribution is -2.01. The van der Waals surface area contributed by atoms with E-state index in [9.17, 15) is 10.1 Å². The van der Waals surface area contributed by atoms with Crippen LogP contribution in [0.5, 0.6) is 5.75 Å². The maximum absolute atomic E-state index is 10.5. The molecule has 0 atom stereocenters. The van der Waals surface area contributed by atoms with Gasteiger partial charge >= 0.3 is 0 Å². The van der Waals surface area contributed by atoms with Crippen LogP contribution >= 0.6 is 0 Å². The van der Waals surface area contributed by atoms with E-state index >= 15 is 0 Å². The number of nitrogens with two attached hydrogens (primary N) is 1. The van der Waals surface area contributed by atoms with Gasteiger partial charge in [0.2, 0.25) is 0 Å². The third-order valence-electron chi connectivity index (χ3n) is 1.93. The van der Waals surface area contributed by atoms with Crippen molar-refractivity contribution in [3.8, 4) is 5.75 Å². The van der Waals surface area contributed by atoms with E-state index in [0.717, 1.165) is 0 Å². The molecule has 0 aliphatic carbocycles. The molecule has 0 amide bonds. The molecule has 0 aliphatic heterocycles. The van der Waals surface area contributed by atoms with Gasteiger partial charge in [0, 0.05) is 23.6 Å². The highest BCUT2D eigenvalue weighted by Crippen LogP contribution is 2.25. The molecule has 1 rings (SSSR count). The monoisotopic (exact) mass is 237 g/mol. The third kappa shape index (κ3) is 3.88. The molecule has 1 aromatic carbocycles.